The summed E-state index contributed by atoms with van der Waals surface area (Å²) in [5, 5.41) is 9.11. The molecule has 0 atom stereocenters. The summed E-state index contributed by atoms with van der Waals surface area (Å²) < 4.78 is 32.0. The van der Waals surface area contributed by atoms with Crippen LogP contribution in [0.1, 0.15) is 40.9 Å². The van der Waals surface area contributed by atoms with Gasteiger partial charge in [-0.05, 0) is 30.7 Å². The third kappa shape index (κ3) is 4.54. The molecule has 2 aromatic rings. The lowest BCUT2D eigenvalue weighted by Gasteiger charge is -2.19. The molecule has 0 aromatic heterocycles. The van der Waals surface area contributed by atoms with Crippen molar-refractivity contribution in [3.05, 3.63) is 64.7 Å². The Bertz CT molecular complexity index is 974. The van der Waals surface area contributed by atoms with E-state index in [1.54, 1.807) is 51.1 Å². The summed E-state index contributed by atoms with van der Waals surface area (Å²) in [7, 11) is -3.67. The standard InChI is InChI=1S/C20H22N2O4S/c1-4-22(5-2)27(24,25)18-11-10-15(3)19(12-18)20(23)26-14-17-9-7-6-8-16(17)13-21/h6-12H,4-5,14H2,1-3H3. The van der Waals surface area contributed by atoms with Gasteiger partial charge in [0.05, 0.1) is 22.1 Å². The average molecular weight is 386 g/mol. The van der Waals surface area contributed by atoms with Crippen LogP contribution in [0.15, 0.2) is 47.4 Å². The molecule has 0 bridgehead atoms. The molecule has 0 aliphatic heterocycles. The minimum absolute atomic E-state index is 0.0566. The summed E-state index contributed by atoms with van der Waals surface area (Å²) >= 11 is 0. The van der Waals surface area contributed by atoms with Crippen LogP contribution in [-0.4, -0.2) is 31.8 Å². The molecule has 27 heavy (non-hydrogen) atoms. The molecule has 6 nitrogen and oxygen atoms in total. The summed E-state index contributed by atoms with van der Waals surface area (Å²) in [6.07, 6.45) is 0. The van der Waals surface area contributed by atoms with Crippen molar-refractivity contribution >= 4 is 16.0 Å². The van der Waals surface area contributed by atoms with Gasteiger partial charge < -0.3 is 4.74 Å². The predicted molar refractivity (Wildman–Crippen MR) is 102 cm³/mol. The average Bonchev–Trinajstić information content (AvgIpc) is 2.67. The number of hydrogen-bond donors (Lipinski definition) is 0. The molecule has 0 amide bonds. The molecule has 0 aliphatic rings. The van der Waals surface area contributed by atoms with E-state index in [-0.39, 0.29) is 17.1 Å². The first-order valence-electron chi connectivity index (χ1n) is 8.61. The van der Waals surface area contributed by atoms with Gasteiger partial charge in [0.2, 0.25) is 10.0 Å². The van der Waals surface area contributed by atoms with E-state index in [1.807, 2.05) is 6.07 Å². The van der Waals surface area contributed by atoms with Gasteiger partial charge in [0.1, 0.15) is 6.61 Å². The number of hydrogen-bond acceptors (Lipinski definition) is 5. The molecule has 7 heteroatoms. The lowest BCUT2D eigenvalue weighted by molar-refractivity contribution is 0.0471. The van der Waals surface area contributed by atoms with Gasteiger partial charge in [-0.25, -0.2) is 13.2 Å². The van der Waals surface area contributed by atoms with E-state index in [0.29, 0.717) is 29.8 Å². The fourth-order valence-electron chi connectivity index (χ4n) is 2.67. The Hall–Kier alpha value is -2.69. The zero-order chi connectivity index (χ0) is 20.0. The highest BCUT2D eigenvalue weighted by molar-refractivity contribution is 7.89. The number of benzene rings is 2. The monoisotopic (exact) mass is 386 g/mol. The maximum absolute atomic E-state index is 12.7. The zero-order valence-corrected chi connectivity index (χ0v) is 16.4. The van der Waals surface area contributed by atoms with E-state index in [1.165, 1.54) is 16.4 Å². The first-order valence-corrected chi connectivity index (χ1v) is 10.0. The predicted octanol–water partition coefficient (Wildman–Crippen LogP) is 3.25. The fourth-order valence-corrected chi connectivity index (χ4v) is 4.16. The van der Waals surface area contributed by atoms with Crippen molar-refractivity contribution in [2.75, 3.05) is 13.1 Å². The van der Waals surface area contributed by atoms with Crippen LogP contribution >= 0.6 is 0 Å². The van der Waals surface area contributed by atoms with Crippen molar-refractivity contribution < 1.29 is 17.9 Å². The first kappa shape index (κ1) is 20.6. The number of aryl methyl sites for hydroxylation is 1. The molecular formula is C20H22N2O4S. The van der Waals surface area contributed by atoms with Gasteiger partial charge in [0, 0.05) is 18.7 Å². The van der Waals surface area contributed by atoms with Crippen LogP contribution in [0.3, 0.4) is 0 Å². The molecule has 0 fully saturated rings. The van der Waals surface area contributed by atoms with Gasteiger partial charge in [0.25, 0.3) is 0 Å². The van der Waals surface area contributed by atoms with Crippen molar-refractivity contribution in [3.8, 4) is 6.07 Å². The summed E-state index contributed by atoms with van der Waals surface area (Å²) in [6, 6.07) is 13.3. The molecule has 0 radical (unpaired) electrons. The molecule has 0 heterocycles. The number of carbonyl (C=O) groups is 1. The van der Waals surface area contributed by atoms with Crippen LogP contribution < -0.4 is 0 Å². The van der Waals surface area contributed by atoms with Gasteiger partial charge in [-0.15, -0.1) is 0 Å². The number of rotatable bonds is 7. The molecule has 0 N–H and O–H groups in total. The highest BCUT2D eigenvalue weighted by Gasteiger charge is 2.24. The van der Waals surface area contributed by atoms with Crippen LogP contribution in [0.4, 0.5) is 0 Å². The summed E-state index contributed by atoms with van der Waals surface area (Å²) in [5.41, 5.74) is 1.84. The van der Waals surface area contributed by atoms with Crippen molar-refractivity contribution in [1.29, 1.82) is 5.26 Å². The van der Waals surface area contributed by atoms with Gasteiger partial charge in [0.15, 0.2) is 0 Å². The molecular weight excluding hydrogens is 364 g/mol. The fraction of sp³-hybridized carbons (Fsp3) is 0.300. The Morgan fingerprint density at radius 3 is 2.44 bits per heavy atom. The van der Waals surface area contributed by atoms with Crippen LogP contribution in [0.5, 0.6) is 0 Å². The van der Waals surface area contributed by atoms with E-state index < -0.39 is 16.0 Å². The van der Waals surface area contributed by atoms with E-state index in [2.05, 4.69) is 0 Å². The van der Waals surface area contributed by atoms with Gasteiger partial charge in [-0.2, -0.15) is 9.57 Å². The number of carbonyl (C=O) groups excluding carboxylic acids is 1. The largest absolute Gasteiger partial charge is 0.457 e. The highest BCUT2D eigenvalue weighted by Crippen LogP contribution is 2.21. The number of nitrogens with zero attached hydrogens (tertiary/aromatic N) is 2. The Morgan fingerprint density at radius 1 is 1.15 bits per heavy atom. The highest BCUT2D eigenvalue weighted by atomic mass is 32.2. The Morgan fingerprint density at radius 2 is 1.81 bits per heavy atom. The molecule has 0 saturated heterocycles. The molecule has 2 aromatic carbocycles. The van der Waals surface area contributed by atoms with E-state index in [4.69, 9.17) is 10.00 Å². The second-order valence-electron chi connectivity index (χ2n) is 5.91. The van der Waals surface area contributed by atoms with Crippen molar-refractivity contribution in [1.82, 2.24) is 4.31 Å². The minimum atomic E-state index is -3.67. The summed E-state index contributed by atoms with van der Waals surface area (Å²) in [5.74, 6) is -0.628. The lowest BCUT2D eigenvalue weighted by atomic mass is 10.1. The second kappa shape index (κ2) is 8.80. The van der Waals surface area contributed by atoms with E-state index >= 15 is 0 Å². The number of sulfonamides is 1. The van der Waals surface area contributed by atoms with Gasteiger partial charge in [-0.1, -0.05) is 38.1 Å². The summed E-state index contributed by atoms with van der Waals surface area (Å²) in [6.45, 7) is 5.87. The van der Waals surface area contributed by atoms with Crippen molar-refractivity contribution in [3.63, 3.8) is 0 Å². The Balaban J connectivity index is 2.28. The normalized spacial score (nSPS) is 11.2. The van der Waals surface area contributed by atoms with Gasteiger partial charge in [-0.3, -0.25) is 0 Å². The van der Waals surface area contributed by atoms with Gasteiger partial charge >= 0.3 is 5.97 Å². The topological polar surface area (TPSA) is 87.5 Å². The van der Waals surface area contributed by atoms with E-state index in [9.17, 15) is 13.2 Å². The molecule has 0 spiro atoms. The third-order valence-corrected chi connectivity index (χ3v) is 6.31. The molecule has 142 valence electrons. The quantitative estimate of drug-likeness (QED) is 0.682. The maximum atomic E-state index is 12.7. The van der Waals surface area contributed by atoms with Crippen molar-refractivity contribution in [2.24, 2.45) is 0 Å². The summed E-state index contributed by atoms with van der Waals surface area (Å²) in [4.78, 5) is 12.6. The maximum Gasteiger partial charge on any atom is 0.338 e. The number of ether oxygens (including phenoxy) is 1. The van der Waals surface area contributed by atoms with E-state index in [0.717, 1.165) is 0 Å². The van der Waals surface area contributed by atoms with Crippen LogP contribution in [0, 0.1) is 18.3 Å². The van der Waals surface area contributed by atoms with Crippen LogP contribution in [-0.2, 0) is 21.4 Å². The molecule has 0 saturated carbocycles. The van der Waals surface area contributed by atoms with Crippen LogP contribution in [0.25, 0.3) is 0 Å². The molecule has 2 rings (SSSR count). The minimum Gasteiger partial charge on any atom is -0.457 e. The Labute approximate surface area is 160 Å². The smallest absolute Gasteiger partial charge is 0.338 e. The zero-order valence-electron chi connectivity index (χ0n) is 15.6. The SMILES string of the molecule is CCN(CC)S(=O)(=O)c1ccc(C)c(C(=O)OCc2ccccc2C#N)c1. The second-order valence-corrected chi connectivity index (χ2v) is 7.85. The molecule has 0 unspecified atom stereocenters. The lowest BCUT2D eigenvalue weighted by Crippen LogP contribution is -2.30. The van der Waals surface area contributed by atoms with Crippen LogP contribution in [0.2, 0.25) is 0 Å². The molecule has 0 aliphatic carbocycles. The first-order chi connectivity index (χ1) is 12.8. The van der Waals surface area contributed by atoms with Crippen molar-refractivity contribution in [2.45, 2.75) is 32.3 Å². The Kier molecular flexibility index (Phi) is 6.72. The number of esters is 1. The third-order valence-electron chi connectivity index (χ3n) is 4.27. The number of nitriles is 1.